The molecule has 0 aliphatic rings. The minimum atomic E-state index is -4.47. The molecule has 1 atom stereocenters. The van der Waals surface area contributed by atoms with Crippen molar-refractivity contribution in [1.82, 2.24) is 4.98 Å². The van der Waals surface area contributed by atoms with Gasteiger partial charge in [0, 0.05) is 17.8 Å². The van der Waals surface area contributed by atoms with E-state index in [-0.39, 0.29) is 5.56 Å². The van der Waals surface area contributed by atoms with Crippen molar-refractivity contribution in [3.05, 3.63) is 42.2 Å². The van der Waals surface area contributed by atoms with Crippen LogP contribution in [0.1, 0.15) is 17.3 Å². The van der Waals surface area contributed by atoms with E-state index < -0.39 is 17.9 Å². The molecule has 0 spiro atoms. The van der Waals surface area contributed by atoms with E-state index >= 15 is 0 Å². The van der Waals surface area contributed by atoms with E-state index in [1.54, 1.807) is 0 Å². The molecule has 14 heavy (non-hydrogen) atoms. The van der Waals surface area contributed by atoms with Crippen LogP contribution in [0.5, 0.6) is 0 Å². The highest BCUT2D eigenvalue weighted by atomic mass is 19.4. The molecule has 0 bridgehead atoms. The number of hydrogen-bond acceptors (Lipinski definition) is 2. The summed E-state index contributed by atoms with van der Waals surface area (Å²) in [6.07, 6.45) is -2.15. The maximum atomic E-state index is 12.4. The Morgan fingerprint density at radius 1 is 1.50 bits per heavy atom. The van der Waals surface area contributed by atoms with Gasteiger partial charge in [-0.05, 0) is 6.07 Å². The molecule has 0 radical (unpaired) electrons. The zero-order chi connectivity index (χ0) is 10.8. The molecule has 5 heteroatoms. The van der Waals surface area contributed by atoms with Gasteiger partial charge >= 0.3 is 6.18 Å². The van der Waals surface area contributed by atoms with Gasteiger partial charge in [-0.15, -0.1) is 6.58 Å². The van der Waals surface area contributed by atoms with Gasteiger partial charge < -0.3 is 5.73 Å². The summed E-state index contributed by atoms with van der Waals surface area (Å²) in [6, 6.07) is 1.86. The van der Waals surface area contributed by atoms with Crippen molar-refractivity contribution in [2.75, 3.05) is 0 Å². The maximum Gasteiger partial charge on any atom is 0.433 e. The second kappa shape index (κ2) is 3.79. The van der Waals surface area contributed by atoms with Gasteiger partial charge in [-0.3, -0.25) is 4.98 Å². The van der Waals surface area contributed by atoms with Crippen LogP contribution in [0.25, 0.3) is 0 Å². The van der Waals surface area contributed by atoms with Crippen molar-refractivity contribution in [1.29, 1.82) is 0 Å². The highest BCUT2D eigenvalue weighted by Gasteiger charge is 2.35. The third kappa shape index (κ3) is 2.11. The van der Waals surface area contributed by atoms with E-state index in [2.05, 4.69) is 11.6 Å². The summed E-state index contributed by atoms with van der Waals surface area (Å²) in [5, 5.41) is 0. The summed E-state index contributed by atoms with van der Waals surface area (Å²) in [6.45, 7) is 3.34. The SMILES string of the molecule is C=CC(N)c1cccnc1C(F)(F)F. The predicted octanol–water partition coefficient (Wildman–Crippen LogP) is 2.29. The molecule has 0 aromatic carbocycles. The average Bonchev–Trinajstić information content (AvgIpc) is 2.15. The zero-order valence-corrected chi connectivity index (χ0v) is 7.25. The van der Waals surface area contributed by atoms with Crippen LogP contribution in [-0.4, -0.2) is 4.98 Å². The van der Waals surface area contributed by atoms with Crippen molar-refractivity contribution in [2.45, 2.75) is 12.2 Å². The smallest absolute Gasteiger partial charge is 0.321 e. The van der Waals surface area contributed by atoms with Gasteiger partial charge in [-0.25, -0.2) is 0 Å². The van der Waals surface area contributed by atoms with E-state index in [0.717, 1.165) is 6.20 Å². The highest BCUT2D eigenvalue weighted by Crippen LogP contribution is 2.32. The van der Waals surface area contributed by atoms with Crippen molar-refractivity contribution < 1.29 is 13.2 Å². The number of hydrogen-bond donors (Lipinski definition) is 1. The van der Waals surface area contributed by atoms with Gasteiger partial charge in [0.2, 0.25) is 0 Å². The molecular formula is C9H9F3N2. The quantitative estimate of drug-likeness (QED) is 0.747. The lowest BCUT2D eigenvalue weighted by Gasteiger charge is -2.13. The summed E-state index contributed by atoms with van der Waals surface area (Å²) >= 11 is 0. The molecule has 0 aliphatic heterocycles. The Kier molecular flexibility index (Phi) is 2.90. The second-order valence-electron chi connectivity index (χ2n) is 2.70. The summed E-state index contributed by atoms with van der Waals surface area (Å²) in [7, 11) is 0. The average molecular weight is 202 g/mol. The zero-order valence-electron chi connectivity index (χ0n) is 7.25. The Morgan fingerprint density at radius 3 is 2.64 bits per heavy atom. The molecule has 76 valence electrons. The molecule has 2 nitrogen and oxygen atoms in total. The lowest BCUT2D eigenvalue weighted by atomic mass is 10.1. The second-order valence-corrected chi connectivity index (χ2v) is 2.70. The first-order valence-corrected chi connectivity index (χ1v) is 3.87. The molecule has 0 aliphatic carbocycles. The van der Waals surface area contributed by atoms with E-state index in [9.17, 15) is 13.2 Å². The molecule has 1 aromatic heterocycles. The van der Waals surface area contributed by atoms with Crippen LogP contribution in [-0.2, 0) is 6.18 Å². The molecule has 0 saturated carbocycles. The van der Waals surface area contributed by atoms with E-state index in [1.165, 1.54) is 18.2 Å². The normalized spacial score (nSPS) is 13.7. The molecule has 1 heterocycles. The summed E-state index contributed by atoms with van der Waals surface area (Å²) in [5.41, 5.74) is 4.42. The van der Waals surface area contributed by atoms with Crippen LogP contribution in [0, 0.1) is 0 Å². The van der Waals surface area contributed by atoms with Gasteiger partial charge in [-0.2, -0.15) is 13.2 Å². The molecule has 0 fully saturated rings. The van der Waals surface area contributed by atoms with Crippen molar-refractivity contribution >= 4 is 0 Å². The van der Waals surface area contributed by atoms with Gasteiger partial charge in [-0.1, -0.05) is 12.1 Å². The van der Waals surface area contributed by atoms with Crippen molar-refractivity contribution in [2.24, 2.45) is 5.73 Å². The monoisotopic (exact) mass is 202 g/mol. The predicted molar refractivity (Wildman–Crippen MR) is 46.4 cm³/mol. The first-order chi connectivity index (χ1) is 6.46. The first kappa shape index (κ1) is 10.7. The summed E-state index contributed by atoms with van der Waals surface area (Å²) < 4.78 is 37.2. The number of pyridine rings is 1. The molecule has 1 rings (SSSR count). The molecule has 0 amide bonds. The number of rotatable bonds is 2. The van der Waals surface area contributed by atoms with E-state index in [4.69, 9.17) is 5.73 Å². The minimum Gasteiger partial charge on any atom is -0.321 e. The lowest BCUT2D eigenvalue weighted by molar-refractivity contribution is -0.141. The number of nitrogens with zero attached hydrogens (tertiary/aromatic N) is 1. The van der Waals surface area contributed by atoms with Gasteiger partial charge in [0.05, 0.1) is 0 Å². The van der Waals surface area contributed by atoms with Gasteiger partial charge in [0.25, 0.3) is 0 Å². The van der Waals surface area contributed by atoms with Gasteiger partial charge in [0.15, 0.2) is 0 Å². The van der Waals surface area contributed by atoms with Crippen molar-refractivity contribution in [3.63, 3.8) is 0 Å². The molecule has 0 saturated heterocycles. The van der Waals surface area contributed by atoms with Gasteiger partial charge in [0.1, 0.15) is 5.69 Å². The molecule has 2 N–H and O–H groups in total. The topological polar surface area (TPSA) is 38.9 Å². The Balaban J connectivity index is 3.22. The Bertz CT molecular complexity index is 333. The van der Waals surface area contributed by atoms with Crippen LogP contribution in [0.3, 0.4) is 0 Å². The minimum absolute atomic E-state index is 0.0602. The Labute approximate surface area is 79.3 Å². The van der Waals surface area contributed by atoms with E-state index in [0.29, 0.717) is 0 Å². The summed E-state index contributed by atoms with van der Waals surface area (Å²) in [5.74, 6) is 0. The van der Waals surface area contributed by atoms with Crippen LogP contribution in [0.2, 0.25) is 0 Å². The number of nitrogens with two attached hydrogens (primary N) is 1. The fraction of sp³-hybridized carbons (Fsp3) is 0.222. The molecular weight excluding hydrogens is 193 g/mol. The van der Waals surface area contributed by atoms with E-state index in [1.807, 2.05) is 0 Å². The number of alkyl halides is 3. The molecule has 1 unspecified atom stereocenters. The van der Waals surface area contributed by atoms with Crippen LogP contribution >= 0.6 is 0 Å². The Morgan fingerprint density at radius 2 is 2.14 bits per heavy atom. The van der Waals surface area contributed by atoms with Crippen molar-refractivity contribution in [3.8, 4) is 0 Å². The fourth-order valence-electron chi connectivity index (χ4n) is 1.05. The lowest BCUT2D eigenvalue weighted by Crippen LogP contribution is -2.17. The Hall–Kier alpha value is -1.36. The highest BCUT2D eigenvalue weighted by molar-refractivity contribution is 5.28. The summed E-state index contributed by atoms with van der Waals surface area (Å²) in [4.78, 5) is 3.27. The van der Waals surface area contributed by atoms with Crippen LogP contribution in [0.4, 0.5) is 13.2 Å². The fourth-order valence-corrected chi connectivity index (χ4v) is 1.05. The third-order valence-corrected chi connectivity index (χ3v) is 1.72. The standard InChI is InChI=1S/C9H9F3N2/c1-2-7(13)6-4-3-5-14-8(6)9(10,11)12/h2-5,7H,1,13H2. The van der Waals surface area contributed by atoms with Crippen LogP contribution < -0.4 is 5.73 Å². The first-order valence-electron chi connectivity index (χ1n) is 3.87. The largest absolute Gasteiger partial charge is 0.433 e. The number of aromatic nitrogens is 1. The number of halogens is 3. The molecule has 1 aromatic rings. The van der Waals surface area contributed by atoms with Crippen LogP contribution in [0.15, 0.2) is 31.0 Å². The third-order valence-electron chi connectivity index (χ3n) is 1.72. The maximum absolute atomic E-state index is 12.4.